The normalized spacial score (nSPS) is 11.5. The van der Waals surface area contributed by atoms with E-state index in [-0.39, 0.29) is 0 Å². The Morgan fingerprint density at radius 2 is 1.94 bits per heavy atom. The molecule has 80 valence electrons. The second-order valence-corrected chi connectivity index (χ2v) is 3.90. The summed E-state index contributed by atoms with van der Waals surface area (Å²) < 4.78 is 5.76. The minimum atomic E-state index is 0.843. The van der Waals surface area contributed by atoms with E-state index in [1.54, 1.807) is 18.7 Å². The van der Waals surface area contributed by atoms with E-state index < -0.39 is 0 Å². The van der Waals surface area contributed by atoms with Gasteiger partial charge in [0.15, 0.2) is 0 Å². The smallest absolute Gasteiger partial charge is 0.138 e. The highest BCUT2D eigenvalue weighted by atomic mass is 16.3. The minimum absolute atomic E-state index is 0.843. The fraction of sp³-hybridized carbons (Fsp3) is 0. The molecule has 4 nitrogen and oxygen atoms in total. The van der Waals surface area contributed by atoms with Crippen LogP contribution in [0, 0.1) is 0 Å². The average molecular weight is 221 g/mol. The third-order valence-corrected chi connectivity index (χ3v) is 2.90. The minimum Gasteiger partial charge on any atom is -0.456 e. The summed E-state index contributed by atoms with van der Waals surface area (Å²) >= 11 is 0. The van der Waals surface area contributed by atoms with E-state index in [4.69, 9.17) is 4.42 Å². The van der Waals surface area contributed by atoms with Crippen molar-refractivity contribution in [3.8, 4) is 0 Å². The molecule has 0 atom stereocenters. The van der Waals surface area contributed by atoms with Gasteiger partial charge in [-0.1, -0.05) is 0 Å². The average Bonchev–Trinajstić information content (AvgIpc) is 2.73. The highest BCUT2D eigenvalue weighted by Gasteiger charge is 2.08. The van der Waals surface area contributed by atoms with E-state index in [2.05, 4.69) is 15.0 Å². The van der Waals surface area contributed by atoms with Gasteiger partial charge in [0.25, 0.3) is 0 Å². The zero-order valence-electron chi connectivity index (χ0n) is 8.79. The predicted octanol–water partition coefficient (Wildman–Crippen LogP) is 2.92. The van der Waals surface area contributed by atoms with Gasteiger partial charge in [-0.15, -0.1) is 0 Å². The molecule has 0 saturated heterocycles. The Bertz CT molecular complexity index is 845. The first-order chi connectivity index (χ1) is 8.42. The molecule has 0 saturated carbocycles. The van der Waals surface area contributed by atoms with E-state index in [1.165, 1.54) is 0 Å². The van der Waals surface area contributed by atoms with Crippen molar-refractivity contribution < 1.29 is 4.42 Å². The van der Waals surface area contributed by atoms with Crippen molar-refractivity contribution in [1.29, 1.82) is 0 Å². The molecular weight excluding hydrogens is 214 g/mol. The topological polar surface area (TPSA) is 51.8 Å². The Morgan fingerprint density at radius 1 is 0.941 bits per heavy atom. The maximum atomic E-state index is 5.76. The lowest BCUT2D eigenvalue weighted by Gasteiger charge is -1.94. The van der Waals surface area contributed by atoms with Crippen LogP contribution in [0.5, 0.6) is 0 Å². The molecule has 4 heteroatoms. The molecule has 0 radical (unpaired) electrons. The second kappa shape index (κ2) is 3.01. The van der Waals surface area contributed by atoms with Crippen LogP contribution in [-0.2, 0) is 0 Å². The quantitative estimate of drug-likeness (QED) is 0.458. The van der Waals surface area contributed by atoms with Gasteiger partial charge in [-0.25, -0.2) is 9.97 Å². The Balaban J connectivity index is 2.28. The maximum Gasteiger partial charge on any atom is 0.138 e. The summed E-state index contributed by atoms with van der Waals surface area (Å²) in [5.74, 6) is 0. The Hall–Kier alpha value is -2.49. The van der Waals surface area contributed by atoms with Crippen molar-refractivity contribution in [1.82, 2.24) is 15.0 Å². The highest BCUT2D eigenvalue weighted by Crippen LogP contribution is 2.30. The number of pyridine rings is 1. The van der Waals surface area contributed by atoms with Crippen LogP contribution in [0.15, 0.2) is 47.5 Å². The summed E-state index contributed by atoms with van der Waals surface area (Å²) in [7, 11) is 0. The summed E-state index contributed by atoms with van der Waals surface area (Å²) in [6.45, 7) is 0. The van der Waals surface area contributed by atoms with Crippen LogP contribution < -0.4 is 0 Å². The van der Waals surface area contributed by atoms with Crippen molar-refractivity contribution in [2.24, 2.45) is 0 Å². The fourth-order valence-electron chi connectivity index (χ4n) is 2.09. The van der Waals surface area contributed by atoms with Crippen LogP contribution in [-0.4, -0.2) is 15.0 Å². The molecule has 1 aromatic carbocycles. The Morgan fingerprint density at radius 3 is 2.94 bits per heavy atom. The molecule has 0 N–H and O–H groups in total. The van der Waals surface area contributed by atoms with Crippen molar-refractivity contribution in [3.63, 3.8) is 0 Å². The van der Waals surface area contributed by atoms with E-state index in [0.29, 0.717) is 0 Å². The van der Waals surface area contributed by atoms with Gasteiger partial charge in [0.05, 0.1) is 5.52 Å². The molecule has 0 fully saturated rings. The number of fused-ring (bicyclic) bond motifs is 4. The van der Waals surface area contributed by atoms with Crippen LogP contribution in [0.1, 0.15) is 0 Å². The molecule has 0 bridgehead atoms. The molecule has 0 aliphatic heterocycles. The van der Waals surface area contributed by atoms with Crippen molar-refractivity contribution >= 4 is 32.8 Å². The predicted molar refractivity (Wildman–Crippen MR) is 64.6 cm³/mol. The van der Waals surface area contributed by atoms with Crippen LogP contribution >= 0.6 is 0 Å². The number of nitrogens with zero attached hydrogens (tertiary/aromatic N) is 3. The van der Waals surface area contributed by atoms with Gasteiger partial charge in [0, 0.05) is 34.7 Å². The first-order valence-corrected chi connectivity index (χ1v) is 5.28. The second-order valence-electron chi connectivity index (χ2n) is 3.90. The molecule has 0 aliphatic rings. The van der Waals surface area contributed by atoms with Gasteiger partial charge < -0.3 is 4.42 Å². The van der Waals surface area contributed by atoms with Crippen molar-refractivity contribution in [2.45, 2.75) is 0 Å². The molecule has 3 aromatic heterocycles. The monoisotopic (exact) mass is 221 g/mol. The van der Waals surface area contributed by atoms with Gasteiger partial charge in [-0.05, 0) is 18.2 Å². The SMILES string of the molecule is c1cc2oc3cc4cncnc4cc3c2cn1. The standard InChI is InChI=1S/C13H7N3O/c1-2-14-6-10-9-4-11-8(5-15-7-16-11)3-13(9)17-12(1)10/h1-7H. The molecule has 0 aliphatic carbocycles. The van der Waals surface area contributed by atoms with Crippen LogP contribution in [0.3, 0.4) is 0 Å². The van der Waals surface area contributed by atoms with Crippen molar-refractivity contribution in [3.05, 3.63) is 43.1 Å². The summed E-state index contributed by atoms with van der Waals surface area (Å²) in [6, 6.07) is 5.84. The molecule has 17 heavy (non-hydrogen) atoms. The number of hydrogen-bond donors (Lipinski definition) is 0. The number of rotatable bonds is 0. The lowest BCUT2D eigenvalue weighted by molar-refractivity contribution is 0.669. The number of aromatic nitrogens is 3. The van der Waals surface area contributed by atoms with Crippen LogP contribution in [0.4, 0.5) is 0 Å². The summed E-state index contributed by atoms with van der Waals surface area (Å²) in [5.41, 5.74) is 2.60. The first-order valence-electron chi connectivity index (χ1n) is 5.28. The third kappa shape index (κ3) is 1.15. The van der Waals surface area contributed by atoms with Gasteiger partial charge in [-0.2, -0.15) is 0 Å². The first kappa shape index (κ1) is 8.64. The molecule has 0 spiro atoms. The zero-order chi connectivity index (χ0) is 11.2. The van der Waals surface area contributed by atoms with Gasteiger partial charge >= 0.3 is 0 Å². The molecule has 0 unspecified atom stereocenters. The van der Waals surface area contributed by atoms with Crippen LogP contribution in [0.2, 0.25) is 0 Å². The summed E-state index contributed by atoms with van der Waals surface area (Å²) in [5, 5.41) is 3.04. The van der Waals surface area contributed by atoms with Gasteiger partial charge in [-0.3, -0.25) is 4.98 Å². The molecular formula is C13H7N3O. The number of benzene rings is 1. The van der Waals surface area contributed by atoms with E-state index in [9.17, 15) is 0 Å². The van der Waals surface area contributed by atoms with E-state index in [1.807, 2.05) is 24.4 Å². The highest BCUT2D eigenvalue weighted by molar-refractivity contribution is 6.08. The molecule has 4 aromatic rings. The lowest BCUT2D eigenvalue weighted by Crippen LogP contribution is -1.80. The molecule has 0 amide bonds. The summed E-state index contributed by atoms with van der Waals surface area (Å²) in [6.07, 6.45) is 6.88. The Labute approximate surface area is 95.9 Å². The van der Waals surface area contributed by atoms with Gasteiger partial charge in [0.1, 0.15) is 17.5 Å². The summed E-state index contributed by atoms with van der Waals surface area (Å²) in [4.78, 5) is 12.4. The van der Waals surface area contributed by atoms with Crippen molar-refractivity contribution in [2.75, 3.05) is 0 Å². The van der Waals surface area contributed by atoms with E-state index in [0.717, 1.165) is 32.8 Å². The van der Waals surface area contributed by atoms with Crippen LogP contribution in [0.25, 0.3) is 32.8 Å². The lowest BCUT2D eigenvalue weighted by atomic mass is 10.1. The largest absolute Gasteiger partial charge is 0.456 e. The fourth-order valence-corrected chi connectivity index (χ4v) is 2.09. The number of furan rings is 1. The van der Waals surface area contributed by atoms with E-state index >= 15 is 0 Å². The third-order valence-electron chi connectivity index (χ3n) is 2.90. The molecule has 3 heterocycles. The van der Waals surface area contributed by atoms with Gasteiger partial charge in [0.2, 0.25) is 0 Å². The molecule has 4 rings (SSSR count). The Kier molecular flexibility index (Phi) is 1.53. The number of hydrogen-bond acceptors (Lipinski definition) is 4. The zero-order valence-corrected chi connectivity index (χ0v) is 8.79. The maximum absolute atomic E-state index is 5.76.